The van der Waals surface area contributed by atoms with Crippen LogP contribution in [0.25, 0.3) is 0 Å². The standard InChI is InChI=1S/C19H25N5O3S/c1-3-15-13-23-14-20-18(12-19(23)21-15)22-8-10-24(11-9-22)28(25,26)17-6-4-16(27-2)5-7-17/h4-7,12,14-15H,3,8-11,13H2,1-2H3. The molecule has 0 radical (unpaired) electrons. The second-order valence-corrected chi connectivity index (χ2v) is 8.95. The molecule has 3 aliphatic heterocycles. The summed E-state index contributed by atoms with van der Waals surface area (Å²) in [6.07, 6.45) is 4.85. The fourth-order valence-corrected chi connectivity index (χ4v) is 5.00. The first kappa shape index (κ1) is 18.9. The molecule has 1 atom stereocenters. The molecule has 1 unspecified atom stereocenters. The Morgan fingerprint density at radius 2 is 1.86 bits per heavy atom. The van der Waals surface area contributed by atoms with Gasteiger partial charge in [-0.05, 0) is 30.7 Å². The summed E-state index contributed by atoms with van der Waals surface area (Å²) in [7, 11) is -1.95. The van der Waals surface area contributed by atoms with Gasteiger partial charge in [0.2, 0.25) is 10.0 Å². The number of benzene rings is 1. The van der Waals surface area contributed by atoms with E-state index in [1.807, 2.05) is 12.4 Å². The van der Waals surface area contributed by atoms with Crippen molar-refractivity contribution in [3.05, 3.63) is 36.2 Å². The van der Waals surface area contributed by atoms with Crippen molar-refractivity contribution < 1.29 is 13.2 Å². The second kappa shape index (κ2) is 7.56. The average molecular weight is 404 g/mol. The van der Waals surface area contributed by atoms with Crippen LogP contribution in [0.1, 0.15) is 13.3 Å². The Kier molecular flexibility index (Phi) is 5.11. The smallest absolute Gasteiger partial charge is 0.243 e. The molecule has 3 heterocycles. The molecule has 0 aromatic heterocycles. The molecule has 0 aliphatic carbocycles. The van der Waals surface area contributed by atoms with E-state index in [4.69, 9.17) is 9.73 Å². The molecule has 0 amide bonds. The van der Waals surface area contributed by atoms with Crippen LogP contribution in [0.2, 0.25) is 0 Å². The van der Waals surface area contributed by atoms with Gasteiger partial charge in [0.25, 0.3) is 0 Å². The predicted molar refractivity (Wildman–Crippen MR) is 108 cm³/mol. The average Bonchev–Trinajstić information content (AvgIpc) is 3.16. The van der Waals surface area contributed by atoms with Crippen molar-refractivity contribution >= 4 is 22.2 Å². The van der Waals surface area contributed by atoms with Gasteiger partial charge in [-0.2, -0.15) is 4.31 Å². The lowest BCUT2D eigenvalue weighted by atomic mass is 10.2. The maximum atomic E-state index is 12.9. The third-order valence-electron chi connectivity index (χ3n) is 5.34. The molecule has 8 nitrogen and oxygen atoms in total. The summed E-state index contributed by atoms with van der Waals surface area (Å²) in [6, 6.07) is 6.84. The second-order valence-electron chi connectivity index (χ2n) is 7.02. The Hall–Kier alpha value is -2.39. The van der Waals surface area contributed by atoms with E-state index in [0.29, 0.717) is 42.9 Å². The van der Waals surface area contributed by atoms with Gasteiger partial charge < -0.3 is 14.5 Å². The van der Waals surface area contributed by atoms with E-state index < -0.39 is 10.0 Å². The van der Waals surface area contributed by atoms with Gasteiger partial charge >= 0.3 is 0 Å². The molecule has 0 spiro atoms. The molecule has 1 aromatic rings. The molecule has 1 fully saturated rings. The van der Waals surface area contributed by atoms with Gasteiger partial charge in [-0.25, -0.2) is 13.4 Å². The van der Waals surface area contributed by atoms with Crippen molar-refractivity contribution in [2.75, 3.05) is 39.8 Å². The Morgan fingerprint density at radius 1 is 1.14 bits per heavy atom. The minimum absolute atomic E-state index is 0.290. The van der Waals surface area contributed by atoms with Crippen molar-refractivity contribution in [3.8, 4) is 5.75 Å². The molecule has 28 heavy (non-hydrogen) atoms. The lowest BCUT2D eigenvalue weighted by molar-refractivity contribution is 0.227. The van der Waals surface area contributed by atoms with E-state index in [2.05, 4.69) is 21.7 Å². The highest BCUT2D eigenvalue weighted by Gasteiger charge is 2.31. The number of hydrogen-bond donors (Lipinski definition) is 0. The molecular formula is C19H25N5O3S. The van der Waals surface area contributed by atoms with E-state index in [9.17, 15) is 8.42 Å². The fraction of sp³-hybridized carbons (Fsp3) is 0.474. The third kappa shape index (κ3) is 3.51. The van der Waals surface area contributed by atoms with Gasteiger partial charge in [0.1, 0.15) is 17.4 Å². The van der Waals surface area contributed by atoms with Crippen LogP contribution in [-0.2, 0) is 10.0 Å². The van der Waals surface area contributed by atoms with Crippen molar-refractivity contribution in [1.82, 2.24) is 14.1 Å². The van der Waals surface area contributed by atoms with Crippen molar-refractivity contribution in [3.63, 3.8) is 0 Å². The van der Waals surface area contributed by atoms with Crippen LogP contribution in [0.15, 0.2) is 51.0 Å². The zero-order chi connectivity index (χ0) is 19.7. The first-order valence-electron chi connectivity index (χ1n) is 9.50. The Balaban J connectivity index is 1.42. The number of aliphatic imine (C=N–C) groups is 2. The monoisotopic (exact) mass is 403 g/mol. The highest BCUT2D eigenvalue weighted by atomic mass is 32.2. The van der Waals surface area contributed by atoms with Crippen LogP contribution in [0.4, 0.5) is 0 Å². The topological polar surface area (TPSA) is 77.8 Å². The van der Waals surface area contributed by atoms with Gasteiger partial charge in [0.15, 0.2) is 0 Å². The Labute approximate surface area is 165 Å². The SMILES string of the molecule is CCC1CN2C=NC(N3CCN(S(=O)(=O)c4ccc(OC)cc4)CC3)=CC2=N1. The predicted octanol–water partition coefficient (Wildman–Crippen LogP) is 1.38. The number of nitrogens with zero attached hydrogens (tertiary/aromatic N) is 5. The molecule has 1 saturated heterocycles. The largest absolute Gasteiger partial charge is 0.497 e. The third-order valence-corrected chi connectivity index (χ3v) is 7.25. The highest BCUT2D eigenvalue weighted by Crippen LogP contribution is 2.23. The van der Waals surface area contributed by atoms with Crippen LogP contribution in [0.3, 0.4) is 0 Å². The molecule has 0 saturated carbocycles. The molecule has 4 rings (SSSR count). The number of rotatable bonds is 5. The summed E-state index contributed by atoms with van der Waals surface area (Å²) in [6.45, 7) is 5.07. The van der Waals surface area contributed by atoms with Crippen LogP contribution in [0.5, 0.6) is 5.75 Å². The van der Waals surface area contributed by atoms with Crippen LogP contribution < -0.4 is 4.74 Å². The maximum absolute atomic E-state index is 12.9. The van der Waals surface area contributed by atoms with Crippen LogP contribution in [-0.4, -0.2) is 80.6 Å². The van der Waals surface area contributed by atoms with Crippen LogP contribution in [0, 0.1) is 0 Å². The van der Waals surface area contributed by atoms with Gasteiger partial charge in [-0.15, -0.1) is 0 Å². The number of hydrogen-bond acceptors (Lipinski definition) is 7. The number of methoxy groups -OCH3 is 1. The van der Waals surface area contributed by atoms with E-state index in [-0.39, 0.29) is 0 Å². The summed E-state index contributed by atoms with van der Waals surface area (Å²) in [5.74, 6) is 2.44. The molecule has 1 aromatic carbocycles. The lowest BCUT2D eigenvalue weighted by Crippen LogP contribution is -2.48. The molecule has 3 aliphatic rings. The Bertz CT molecular complexity index is 915. The van der Waals surface area contributed by atoms with E-state index in [1.165, 1.54) is 4.31 Å². The summed E-state index contributed by atoms with van der Waals surface area (Å²) in [5, 5.41) is 0. The molecule has 9 heteroatoms. The van der Waals surface area contributed by atoms with E-state index >= 15 is 0 Å². The summed E-state index contributed by atoms with van der Waals surface area (Å²) >= 11 is 0. The molecule has 150 valence electrons. The number of fused-ring (bicyclic) bond motifs is 1. The number of ether oxygens (including phenoxy) is 1. The molecule has 0 N–H and O–H groups in total. The van der Waals surface area contributed by atoms with Crippen LogP contribution >= 0.6 is 0 Å². The zero-order valence-corrected chi connectivity index (χ0v) is 17.0. The normalized spacial score (nSPS) is 22.7. The van der Waals surface area contributed by atoms with Gasteiger partial charge in [0.05, 0.1) is 24.4 Å². The highest BCUT2D eigenvalue weighted by molar-refractivity contribution is 7.89. The van der Waals surface area contributed by atoms with Gasteiger partial charge in [-0.1, -0.05) is 6.92 Å². The maximum Gasteiger partial charge on any atom is 0.243 e. The first-order chi connectivity index (χ1) is 13.5. The number of amidine groups is 1. The quantitative estimate of drug-likeness (QED) is 0.742. The van der Waals surface area contributed by atoms with Gasteiger partial charge in [-0.3, -0.25) is 4.99 Å². The van der Waals surface area contributed by atoms with Gasteiger partial charge in [0, 0.05) is 38.8 Å². The lowest BCUT2D eigenvalue weighted by Gasteiger charge is -2.36. The fourth-order valence-electron chi connectivity index (χ4n) is 3.58. The summed E-state index contributed by atoms with van der Waals surface area (Å²) in [4.78, 5) is 13.7. The first-order valence-corrected chi connectivity index (χ1v) is 10.9. The zero-order valence-electron chi connectivity index (χ0n) is 16.2. The molecular weight excluding hydrogens is 378 g/mol. The van der Waals surface area contributed by atoms with Crippen molar-refractivity contribution in [2.45, 2.75) is 24.3 Å². The summed E-state index contributed by atoms with van der Waals surface area (Å²) < 4.78 is 32.4. The number of piperazine rings is 1. The van der Waals surface area contributed by atoms with Crippen molar-refractivity contribution in [2.24, 2.45) is 9.98 Å². The molecule has 0 bridgehead atoms. The van der Waals surface area contributed by atoms with E-state index in [0.717, 1.165) is 24.6 Å². The minimum atomic E-state index is -3.50. The minimum Gasteiger partial charge on any atom is -0.497 e. The van der Waals surface area contributed by atoms with E-state index in [1.54, 1.807) is 31.4 Å². The summed E-state index contributed by atoms with van der Waals surface area (Å²) in [5.41, 5.74) is 0. The number of sulfonamides is 1. The Morgan fingerprint density at radius 3 is 2.50 bits per heavy atom. The van der Waals surface area contributed by atoms with Crippen molar-refractivity contribution in [1.29, 1.82) is 0 Å².